The zero-order chi connectivity index (χ0) is 15.0. The molecule has 0 radical (unpaired) electrons. The number of carbonyl (C=O) groups excluding carboxylic acids is 1. The third-order valence-electron chi connectivity index (χ3n) is 3.47. The highest BCUT2D eigenvalue weighted by molar-refractivity contribution is 7.15. The molecule has 2 heterocycles. The molecule has 2 aromatic rings. The molecule has 0 aliphatic carbocycles. The third-order valence-corrected chi connectivity index (χ3v) is 4.38. The minimum absolute atomic E-state index is 0.0716. The molecule has 1 aromatic carbocycles. The van der Waals surface area contributed by atoms with Gasteiger partial charge in [0.05, 0.1) is 18.7 Å². The van der Waals surface area contributed by atoms with Gasteiger partial charge in [-0.2, -0.15) is 0 Å². The molecule has 0 atom stereocenters. The topological polar surface area (TPSA) is 79.5 Å². The van der Waals surface area contributed by atoms with Crippen LogP contribution in [0.1, 0.15) is 16.1 Å². The smallest absolute Gasteiger partial charge is 0.227 e. The lowest BCUT2D eigenvalue weighted by Crippen LogP contribution is -2.36. The molecule has 0 saturated carbocycles. The van der Waals surface area contributed by atoms with Crippen LogP contribution in [0.2, 0.25) is 0 Å². The van der Waals surface area contributed by atoms with Gasteiger partial charge in [0, 0.05) is 17.8 Å². The Balaban J connectivity index is 1.70. The SMILES string of the molecule is Nc1nc2c(s1)CN(C(=O)Cc1ccc(O)c(F)c1)CC2. The molecule has 0 spiro atoms. The Kier molecular flexibility index (Phi) is 3.50. The zero-order valence-corrected chi connectivity index (χ0v) is 12.0. The van der Waals surface area contributed by atoms with E-state index >= 15 is 0 Å². The molecule has 5 nitrogen and oxygen atoms in total. The predicted octanol–water partition coefficient (Wildman–Crippen LogP) is 1.70. The van der Waals surface area contributed by atoms with Crippen LogP contribution < -0.4 is 5.73 Å². The number of aromatic nitrogens is 1. The number of nitrogens with two attached hydrogens (primary N) is 1. The molecule has 0 saturated heterocycles. The average Bonchev–Trinajstić information content (AvgIpc) is 2.82. The first-order valence-corrected chi connectivity index (χ1v) is 7.34. The molecular weight excluding hydrogens is 293 g/mol. The molecule has 1 amide bonds. The molecule has 0 unspecified atom stereocenters. The second-order valence-corrected chi connectivity index (χ2v) is 6.07. The fraction of sp³-hybridized carbons (Fsp3) is 0.286. The number of thiazole rings is 1. The summed E-state index contributed by atoms with van der Waals surface area (Å²) in [4.78, 5) is 19.3. The number of fused-ring (bicyclic) bond motifs is 1. The molecule has 21 heavy (non-hydrogen) atoms. The van der Waals surface area contributed by atoms with Crippen LogP contribution in [0.25, 0.3) is 0 Å². The maximum absolute atomic E-state index is 13.3. The second kappa shape index (κ2) is 5.33. The van der Waals surface area contributed by atoms with Gasteiger partial charge in [-0.05, 0) is 17.7 Å². The second-order valence-electron chi connectivity index (χ2n) is 4.95. The lowest BCUT2D eigenvalue weighted by Gasteiger charge is -2.26. The molecule has 0 fully saturated rings. The van der Waals surface area contributed by atoms with Gasteiger partial charge in [0.25, 0.3) is 0 Å². The fourth-order valence-electron chi connectivity index (χ4n) is 2.38. The van der Waals surface area contributed by atoms with Crippen LogP contribution in [0.3, 0.4) is 0 Å². The molecule has 0 bridgehead atoms. The Morgan fingerprint density at radius 2 is 2.33 bits per heavy atom. The Hall–Kier alpha value is -2.15. The van der Waals surface area contributed by atoms with Gasteiger partial charge in [0.1, 0.15) is 0 Å². The standard InChI is InChI=1S/C14H14FN3O2S/c15-9-5-8(1-2-11(9)19)6-13(20)18-4-3-10-12(7-18)21-14(16)17-10/h1-2,5,19H,3-4,6-7H2,(H2,16,17). The summed E-state index contributed by atoms with van der Waals surface area (Å²) >= 11 is 1.40. The largest absolute Gasteiger partial charge is 0.505 e. The monoisotopic (exact) mass is 307 g/mol. The number of anilines is 1. The van der Waals surface area contributed by atoms with Gasteiger partial charge in [-0.15, -0.1) is 11.3 Å². The van der Waals surface area contributed by atoms with Gasteiger partial charge >= 0.3 is 0 Å². The summed E-state index contributed by atoms with van der Waals surface area (Å²) in [7, 11) is 0. The number of phenolic OH excluding ortho intramolecular Hbond substituents is 1. The van der Waals surface area contributed by atoms with E-state index in [0.717, 1.165) is 10.6 Å². The highest BCUT2D eigenvalue weighted by atomic mass is 32.1. The maximum Gasteiger partial charge on any atom is 0.227 e. The number of nitrogens with zero attached hydrogens (tertiary/aromatic N) is 2. The number of phenols is 1. The van der Waals surface area contributed by atoms with Gasteiger partial charge in [0.15, 0.2) is 16.7 Å². The van der Waals surface area contributed by atoms with E-state index in [0.29, 0.717) is 30.2 Å². The van der Waals surface area contributed by atoms with Crippen LogP contribution in [0.4, 0.5) is 9.52 Å². The average molecular weight is 307 g/mol. The highest BCUT2D eigenvalue weighted by Gasteiger charge is 2.23. The number of benzene rings is 1. The van der Waals surface area contributed by atoms with Gasteiger partial charge < -0.3 is 15.7 Å². The van der Waals surface area contributed by atoms with Gasteiger partial charge in [-0.1, -0.05) is 6.07 Å². The van der Waals surface area contributed by atoms with E-state index in [1.807, 2.05) is 0 Å². The van der Waals surface area contributed by atoms with Gasteiger partial charge in [-0.25, -0.2) is 9.37 Å². The van der Waals surface area contributed by atoms with E-state index in [1.165, 1.54) is 23.5 Å². The summed E-state index contributed by atoms with van der Waals surface area (Å²) in [5.74, 6) is -1.19. The van der Waals surface area contributed by atoms with Crippen molar-refractivity contribution in [3.63, 3.8) is 0 Å². The first kappa shape index (κ1) is 13.8. The fourth-order valence-corrected chi connectivity index (χ4v) is 3.27. The van der Waals surface area contributed by atoms with Crippen LogP contribution in [0.15, 0.2) is 18.2 Å². The van der Waals surface area contributed by atoms with Crippen LogP contribution in [-0.4, -0.2) is 27.4 Å². The summed E-state index contributed by atoms with van der Waals surface area (Å²) in [5, 5.41) is 9.67. The first-order valence-electron chi connectivity index (χ1n) is 6.52. The lowest BCUT2D eigenvalue weighted by atomic mass is 10.1. The van der Waals surface area contributed by atoms with Crippen LogP contribution in [0.5, 0.6) is 5.75 Å². The van der Waals surface area contributed by atoms with Gasteiger partial charge in [0.2, 0.25) is 5.91 Å². The number of amides is 1. The minimum Gasteiger partial charge on any atom is -0.505 e. The Morgan fingerprint density at radius 1 is 1.52 bits per heavy atom. The van der Waals surface area contributed by atoms with Crippen LogP contribution in [0, 0.1) is 5.82 Å². The number of hydrogen-bond donors (Lipinski definition) is 2. The molecule has 1 aromatic heterocycles. The lowest BCUT2D eigenvalue weighted by molar-refractivity contribution is -0.131. The summed E-state index contributed by atoms with van der Waals surface area (Å²) < 4.78 is 13.3. The molecule has 7 heteroatoms. The number of hydrogen-bond acceptors (Lipinski definition) is 5. The first-order chi connectivity index (χ1) is 10.0. The summed E-state index contributed by atoms with van der Waals surface area (Å²) in [6, 6.07) is 4.00. The number of nitrogen functional groups attached to an aromatic ring is 1. The molecule has 110 valence electrons. The third kappa shape index (κ3) is 2.82. The van der Waals surface area contributed by atoms with E-state index in [9.17, 15) is 9.18 Å². The molecule has 1 aliphatic heterocycles. The summed E-state index contributed by atoms with van der Waals surface area (Å²) in [6.45, 7) is 1.10. The predicted molar refractivity (Wildman–Crippen MR) is 77.4 cm³/mol. The number of aromatic hydroxyl groups is 1. The number of halogens is 1. The normalized spacial score (nSPS) is 14.0. The van der Waals surface area contributed by atoms with Crippen molar-refractivity contribution in [2.75, 3.05) is 12.3 Å². The summed E-state index contributed by atoms with van der Waals surface area (Å²) in [5.41, 5.74) is 7.19. The van der Waals surface area contributed by atoms with Crippen molar-refractivity contribution in [3.8, 4) is 5.75 Å². The Labute approximate surface area is 124 Å². The quantitative estimate of drug-likeness (QED) is 0.885. The minimum atomic E-state index is -0.712. The van der Waals surface area contributed by atoms with Crippen molar-refractivity contribution < 1.29 is 14.3 Å². The van der Waals surface area contributed by atoms with Crippen molar-refractivity contribution >= 4 is 22.4 Å². The maximum atomic E-state index is 13.3. The van der Waals surface area contributed by atoms with Crippen LogP contribution in [-0.2, 0) is 24.2 Å². The van der Waals surface area contributed by atoms with E-state index in [2.05, 4.69) is 4.98 Å². The van der Waals surface area contributed by atoms with E-state index in [4.69, 9.17) is 10.8 Å². The van der Waals surface area contributed by atoms with Crippen molar-refractivity contribution in [2.24, 2.45) is 0 Å². The highest BCUT2D eigenvalue weighted by Crippen LogP contribution is 2.27. The van der Waals surface area contributed by atoms with Crippen molar-refractivity contribution in [1.82, 2.24) is 9.88 Å². The number of rotatable bonds is 2. The Morgan fingerprint density at radius 3 is 3.10 bits per heavy atom. The summed E-state index contributed by atoms with van der Waals surface area (Å²) in [6.07, 6.45) is 0.805. The number of carbonyl (C=O) groups is 1. The van der Waals surface area contributed by atoms with Crippen molar-refractivity contribution in [2.45, 2.75) is 19.4 Å². The molecule has 3 N–H and O–H groups in total. The molecule has 3 rings (SSSR count). The van der Waals surface area contributed by atoms with E-state index < -0.39 is 11.6 Å². The molecule has 1 aliphatic rings. The molecular formula is C14H14FN3O2S. The van der Waals surface area contributed by atoms with Crippen molar-refractivity contribution in [1.29, 1.82) is 0 Å². The van der Waals surface area contributed by atoms with Crippen LogP contribution >= 0.6 is 11.3 Å². The van der Waals surface area contributed by atoms with E-state index in [-0.39, 0.29) is 12.3 Å². The van der Waals surface area contributed by atoms with Gasteiger partial charge in [-0.3, -0.25) is 4.79 Å². The Bertz CT molecular complexity index is 702. The zero-order valence-electron chi connectivity index (χ0n) is 11.2. The van der Waals surface area contributed by atoms with Crippen molar-refractivity contribution in [3.05, 3.63) is 40.2 Å². The van der Waals surface area contributed by atoms with E-state index in [1.54, 1.807) is 11.0 Å².